The Bertz CT molecular complexity index is 484. The zero-order valence-electron chi connectivity index (χ0n) is 8.60. The summed E-state index contributed by atoms with van der Waals surface area (Å²) in [5.41, 5.74) is 0.650. The Morgan fingerprint density at radius 1 is 1.60 bits per heavy atom. The fourth-order valence-electron chi connectivity index (χ4n) is 1.43. The van der Waals surface area contributed by atoms with Gasteiger partial charge in [0.05, 0.1) is 12.2 Å². The van der Waals surface area contributed by atoms with Crippen molar-refractivity contribution in [2.75, 3.05) is 0 Å². The van der Waals surface area contributed by atoms with Crippen LogP contribution in [0.1, 0.15) is 29.1 Å². The Hall–Kier alpha value is -1.91. The van der Waals surface area contributed by atoms with Crippen LogP contribution in [0.15, 0.2) is 22.9 Å². The SMILES string of the molecule is CC(=O)c1cccn1Cc1noc(C)n1. The average Bonchev–Trinajstić information content (AvgIpc) is 2.75. The summed E-state index contributed by atoms with van der Waals surface area (Å²) in [5, 5.41) is 3.77. The number of aryl methyl sites for hydroxylation is 1. The topological polar surface area (TPSA) is 60.9 Å². The summed E-state index contributed by atoms with van der Waals surface area (Å²) in [4.78, 5) is 15.3. The van der Waals surface area contributed by atoms with Crippen LogP contribution in [0.3, 0.4) is 0 Å². The molecule has 0 aliphatic carbocycles. The van der Waals surface area contributed by atoms with Gasteiger partial charge in [-0.25, -0.2) is 0 Å². The van der Waals surface area contributed by atoms with Crippen molar-refractivity contribution < 1.29 is 9.32 Å². The van der Waals surface area contributed by atoms with E-state index in [0.717, 1.165) is 0 Å². The highest BCUT2D eigenvalue weighted by atomic mass is 16.5. The molecule has 0 aliphatic rings. The van der Waals surface area contributed by atoms with Crippen LogP contribution in [0.5, 0.6) is 0 Å². The Labute approximate surface area is 86.7 Å². The highest BCUT2D eigenvalue weighted by Crippen LogP contribution is 2.06. The first-order valence-corrected chi connectivity index (χ1v) is 4.62. The first kappa shape index (κ1) is 9.64. The van der Waals surface area contributed by atoms with Gasteiger partial charge in [-0.1, -0.05) is 5.16 Å². The molecule has 2 heterocycles. The molecule has 0 saturated carbocycles. The maximum Gasteiger partial charge on any atom is 0.223 e. The second-order valence-electron chi connectivity index (χ2n) is 3.31. The molecule has 5 nitrogen and oxygen atoms in total. The molecule has 0 aromatic carbocycles. The number of hydrogen-bond acceptors (Lipinski definition) is 4. The lowest BCUT2D eigenvalue weighted by Gasteiger charge is -2.02. The summed E-state index contributed by atoms with van der Waals surface area (Å²) in [7, 11) is 0. The van der Waals surface area contributed by atoms with Crippen LogP contribution < -0.4 is 0 Å². The smallest absolute Gasteiger partial charge is 0.223 e. The van der Waals surface area contributed by atoms with Crippen molar-refractivity contribution >= 4 is 5.78 Å². The third-order valence-electron chi connectivity index (χ3n) is 2.07. The van der Waals surface area contributed by atoms with E-state index < -0.39 is 0 Å². The van der Waals surface area contributed by atoms with Crippen molar-refractivity contribution in [3.8, 4) is 0 Å². The van der Waals surface area contributed by atoms with E-state index >= 15 is 0 Å². The molecule has 0 bridgehead atoms. The lowest BCUT2D eigenvalue weighted by atomic mass is 10.3. The minimum absolute atomic E-state index is 0.0280. The average molecular weight is 205 g/mol. The third-order valence-corrected chi connectivity index (χ3v) is 2.07. The fourth-order valence-corrected chi connectivity index (χ4v) is 1.43. The molecule has 0 amide bonds. The summed E-state index contributed by atoms with van der Waals surface area (Å²) >= 11 is 0. The van der Waals surface area contributed by atoms with Gasteiger partial charge in [-0.2, -0.15) is 4.98 Å². The van der Waals surface area contributed by atoms with Crippen molar-refractivity contribution in [3.05, 3.63) is 35.7 Å². The van der Waals surface area contributed by atoms with Gasteiger partial charge in [0.25, 0.3) is 0 Å². The lowest BCUT2D eigenvalue weighted by Crippen LogP contribution is -2.07. The molecule has 15 heavy (non-hydrogen) atoms. The van der Waals surface area contributed by atoms with Crippen LogP contribution in [0.2, 0.25) is 0 Å². The third kappa shape index (κ3) is 1.96. The predicted molar refractivity (Wildman–Crippen MR) is 52.6 cm³/mol. The maximum absolute atomic E-state index is 11.2. The predicted octanol–water partition coefficient (Wildman–Crippen LogP) is 1.43. The zero-order valence-corrected chi connectivity index (χ0v) is 8.60. The normalized spacial score (nSPS) is 10.5. The monoisotopic (exact) mass is 205 g/mol. The molecule has 0 saturated heterocycles. The molecule has 78 valence electrons. The summed E-state index contributed by atoms with van der Waals surface area (Å²) in [6.45, 7) is 3.73. The number of Topliss-reactive ketones (excluding diaryl/α,β-unsaturated/α-hetero) is 1. The number of aromatic nitrogens is 3. The molecule has 0 atom stereocenters. The van der Waals surface area contributed by atoms with Gasteiger partial charge in [0.2, 0.25) is 5.89 Å². The molecule has 0 N–H and O–H groups in total. The summed E-state index contributed by atoms with van der Waals surface area (Å²) in [6, 6.07) is 3.60. The fraction of sp³-hybridized carbons (Fsp3) is 0.300. The van der Waals surface area contributed by atoms with E-state index in [4.69, 9.17) is 4.52 Å². The maximum atomic E-state index is 11.2. The van der Waals surface area contributed by atoms with E-state index in [2.05, 4.69) is 10.1 Å². The first-order chi connectivity index (χ1) is 7.16. The molecule has 2 rings (SSSR count). The largest absolute Gasteiger partial charge is 0.340 e. The molecular formula is C10H11N3O2. The van der Waals surface area contributed by atoms with E-state index in [1.54, 1.807) is 17.6 Å². The molecule has 0 radical (unpaired) electrons. The molecule has 0 fully saturated rings. The molecular weight excluding hydrogens is 194 g/mol. The summed E-state index contributed by atoms with van der Waals surface area (Å²) < 4.78 is 6.65. The Kier molecular flexibility index (Phi) is 2.37. The van der Waals surface area contributed by atoms with Crippen LogP contribution in [-0.2, 0) is 6.54 Å². The van der Waals surface area contributed by atoms with E-state index in [0.29, 0.717) is 24.0 Å². The van der Waals surface area contributed by atoms with Gasteiger partial charge in [-0.15, -0.1) is 0 Å². The van der Waals surface area contributed by atoms with Crippen molar-refractivity contribution in [1.82, 2.24) is 14.7 Å². The minimum Gasteiger partial charge on any atom is -0.340 e. The molecule has 0 aliphatic heterocycles. The van der Waals surface area contributed by atoms with Gasteiger partial charge in [-0.05, 0) is 12.1 Å². The Morgan fingerprint density at radius 2 is 2.40 bits per heavy atom. The molecule has 0 spiro atoms. The lowest BCUT2D eigenvalue weighted by molar-refractivity contribution is 0.100. The van der Waals surface area contributed by atoms with Crippen molar-refractivity contribution in [2.45, 2.75) is 20.4 Å². The van der Waals surface area contributed by atoms with Gasteiger partial charge in [0.15, 0.2) is 11.6 Å². The van der Waals surface area contributed by atoms with E-state index in [-0.39, 0.29) is 5.78 Å². The van der Waals surface area contributed by atoms with Crippen LogP contribution in [0.25, 0.3) is 0 Å². The molecule has 2 aromatic heterocycles. The number of carbonyl (C=O) groups is 1. The van der Waals surface area contributed by atoms with Gasteiger partial charge in [0.1, 0.15) is 0 Å². The van der Waals surface area contributed by atoms with E-state index in [1.165, 1.54) is 6.92 Å². The molecule has 0 unspecified atom stereocenters. The van der Waals surface area contributed by atoms with Crippen molar-refractivity contribution in [2.24, 2.45) is 0 Å². The number of carbonyl (C=O) groups excluding carboxylic acids is 1. The second-order valence-corrected chi connectivity index (χ2v) is 3.31. The van der Waals surface area contributed by atoms with Crippen LogP contribution in [0.4, 0.5) is 0 Å². The molecule has 2 aromatic rings. The van der Waals surface area contributed by atoms with E-state index in [1.807, 2.05) is 12.3 Å². The van der Waals surface area contributed by atoms with Crippen LogP contribution in [0, 0.1) is 6.92 Å². The standard InChI is InChI=1S/C10H11N3O2/c1-7(14)9-4-3-5-13(9)6-10-11-8(2)15-12-10/h3-5H,6H2,1-2H3. The first-order valence-electron chi connectivity index (χ1n) is 4.62. The van der Waals surface area contributed by atoms with Crippen LogP contribution >= 0.6 is 0 Å². The highest BCUT2D eigenvalue weighted by Gasteiger charge is 2.08. The number of hydrogen-bond donors (Lipinski definition) is 0. The molecule has 5 heteroatoms. The van der Waals surface area contributed by atoms with E-state index in [9.17, 15) is 4.79 Å². The van der Waals surface area contributed by atoms with Gasteiger partial charge >= 0.3 is 0 Å². The van der Waals surface area contributed by atoms with Crippen molar-refractivity contribution in [3.63, 3.8) is 0 Å². The number of ketones is 1. The quantitative estimate of drug-likeness (QED) is 0.711. The van der Waals surface area contributed by atoms with Crippen LogP contribution in [-0.4, -0.2) is 20.5 Å². The van der Waals surface area contributed by atoms with Gasteiger partial charge in [0, 0.05) is 20.0 Å². The summed E-state index contributed by atoms with van der Waals surface area (Å²) in [6.07, 6.45) is 1.82. The summed E-state index contributed by atoms with van der Waals surface area (Å²) in [5.74, 6) is 1.13. The second kappa shape index (κ2) is 3.68. The van der Waals surface area contributed by atoms with Crippen molar-refractivity contribution in [1.29, 1.82) is 0 Å². The zero-order chi connectivity index (χ0) is 10.8. The highest BCUT2D eigenvalue weighted by molar-refractivity contribution is 5.92. The number of rotatable bonds is 3. The Balaban J connectivity index is 2.24. The van der Waals surface area contributed by atoms with Gasteiger partial charge < -0.3 is 9.09 Å². The Morgan fingerprint density at radius 3 is 3.00 bits per heavy atom. The van der Waals surface area contributed by atoms with Gasteiger partial charge in [-0.3, -0.25) is 4.79 Å². The minimum atomic E-state index is 0.0280. The number of nitrogens with zero attached hydrogens (tertiary/aromatic N) is 3.